The van der Waals surface area contributed by atoms with Crippen LogP contribution in [0.25, 0.3) is 5.83 Å². The number of benzene rings is 2. The lowest BCUT2D eigenvalue weighted by molar-refractivity contribution is -0.157. The molecule has 0 heterocycles. The van der Waals surface area contributed by atoms with E-state index in [0.29, 0.717) is 6.92 Å². The van der Waals surface area contributed by atoms with E-state index in [2.05, 4.69) is 0 Å². The van der Waals surface area contributed by atoms with Gasteiger partial charge < -0.3 is 10.6 Å². The van der Waals surface area contributed by atoms with E-state index in [1.165, 1.54) is 0 Å². The summed E-state index contributed by atoms with van der Waals surface area (Å²) in [5.41, 5.74) is -1.21. The topological polar surface area (TPSA) is 58.2 Å². The van der Waals surface area contributed by atoms with Crippen LogP contribution in [0.15, 0.2) is 36.4 Å². The Balaban J connectivity index is 2.23. The molecule has 2 aromatic carbocycles. The Morgan fingerprint density at radius 1 is 0.919 bits per heavy atom. The normalized spacial score (nSPS) is 14.2. The molecule has 0 saturated heterocycles. The number of halogens is 11. The van der Waals surface area contributed by atoms with Gasteiger partial charge in [-0.3, -0.25) is 9.59 Å². The van der Waals surface area contributed by atoms with Crippen molar-refractivity contribution in [3.05, 3.63) is 73.2 Å². The highest BCUT2D eigenvalue weighted by Gasteiger charge is 2.40. The Labute approximate surface area is 225 Å². The van der Waals surface area contributed by atoms with Gasteiger partial charge in [-0.15, -0.1) is 0 Å². The van der Waals surface area contributed by atoms with Crippen LogP contribution in [0.4, 0.5) is 30.7 Å². The maximum Gasteiger partial charge on any atom is 0.408 e. The zero-order valence-electron chi connectivity index (χ0n) is 18.3. The lowest BCUT2D eigenvalue weighted by Crippen LogP contribution is -2.47. The fraction of sp³-hybridized carbons (Fsp3) is 0.273. The minimum atomic E-state index is -4.95. The summed E-state index contributed by atoms with van der Waals surface area (Å²) in [5, 5.41) is 2.56. The van der Waals surface area contributed by atoms with E-state index in [1.54, 1.807) is 5.32 Å². The van der Waals surface area contributed by atoms with Crippen LogP contribution in [0, 0.1) is 0 Å². The molecule has 37 heavy (non-hydrogen) atoms. The van der Waals surface area contributed by atoms with Gasteiger partial charge in [0.2, 0.25) is 5.91 Å². The third kappa shape index (κ3) is 8.39. The summed E-state index contributed by atoms with van der Waals surface area (Å²) in [6.45, 7) is -0.123. The third-order valence-electron chi connectivity index (χ3n) is 4.80. The second kappa shape index (κ2) is 12.1. The van der Waals surface area contributed by atoms with Gasteiger partial charge in [0, 0.05) is 5.56 Å². The number of nitrogens with one attached hydrogen (secondary N) is 2. The predicted molar refractivity (Wildman–Crippen MR) is 127 cm³/mol. The molecule has 2 N–H and O–H groups in total. The zero-order valence-corrected chi connectivity index (χ0v) is 21.3. The number of alkyl halides is 6. The molecule has 0 bridgehead atoms. The molecule has 202 valence electrons. The predicted octanol–water partition coefficient (Wildman–Crippen LogP) is 7.75. The van der Waals surface area contributed by atoms with E-state index in [9.17, 15) is 40.3 Å². The monoisotopic (exact) mass is 612 g/mol. The first kappa shape index (κ1) is 31.0. The number of hydrogen-bond donors (Lipinski definition) is 2. The SMILES string of the molecule is CC(NC(=O)CNC(=O)c1ccc(C(F)=CC(c2cc(Cl)c(Cl)c(Cl)c2)C(F)(F)F)cc1Cl)C(F)(F)F. The maximum absolute atomic E-state index is 14.8. The Morgan fingerprint density at radius 3 is 1.97 bits per heavy atom. The highest BCUT2D eigenvalue weighted by molar-refractivity contribution is 6.48. The van der Waals surface area contributed by atoms with Gasteiger partial charge in [0.15, 0.2) is 0 Å². The summed E-state index contributed by atoms with van der Waals surface area (Å²) >= 11 is 23.3. The van der Waals surface area contributed by atoms with Crippen LogP contribution in [0.3, 0.4) is 0 Å². The minimum absolute atomic E-state index is 0.176. The summed E-state index contributed by atoms with van der Waals surface area (Å²) in [5.74, 6) is -5.95. The Hall–Kier alpha value is -2.21. The van der Waals surface area contributed by atoms with Gasteiger partial charge in [0.1, 0.15) is 17.8 Å². The molecule has 0 saturated carbocycles. The Bertz CT molecular complexity index is 1190. The molecule has 4 nitrogen and oxygen atoms in total. The molecule has 0 aromatic heterocycles. The van der Waals surface area contributed by atoms with Gasteiger partial charge in [0.25, 0.3) is 5.91 Å². The zero-order chi connectivity index (χ0) is 28.3. The van der Waals surface area contributed by atoms with Crippen LogP contribution in [0.5, 0.6) is 0 Å². The van der Waals surface area contributed by atoms with Crippen LogP contribution < -0.4 is 10.6 Å². The fourth-order valence-electron chi connectivity index (χ4n) is 2.85. The molecule has 0 aliphatic heterocycles. The molecular formula is C22H15Cl4F7N2O2. The maximum atomic E-state index is 14.8. The van der Waals surface area contributed by atoms with Crippen molar-refractivity contribution in [3.8, 4) is 0 Å². The smallest absolute Gasteiger partial charge is 0.343 e. The number of amides is 2. The van der Waals surface area contributed by atoms with Crippen LogP contribution in [0.2, 0.25) is 20.1 Å². The Kier molecular flexibility index (Phi) is 10.1. The lowest BCUT2D eigenvalue weighted by atomic mass is 9.96. The molecule has 15 heteroatoms. The Morgan fingerprint density at radius 2 is 1.49 bits per heavy atom. The summed E-state index contributed by atoms with van der Waals surface area (Å²) in [4.78, 5) is 23.8. The molecule has 2 aromatic rings. The van der Waals surface area contributed by atoms with Gasteiger partial charge in [-0.25, -0.2) is 4.39 Å². The molecule has 0 aliphatic carbocycles. The molecule has 0 radical (unpaired) electrons. The largest absolute Gasteiger partial charge is 0.408 e. The quantitative estimate of drug-likeness (QED) is 0.248. The number of rotatable bonds is 7. The fourth-order valence-corrected chi connectivity index (χ4v) is 3.73. The summed E-state index contributed by atoms with van der Waals surface area (Å²) < 4.78 is 93.3. The summed E-state index contributed by atoms with van der Waals surface area (Å²) in [7, 11) is 0. The van der Waals surface area contributed by atoms with Crippen LogP contribution in [-0.4, -0.2) is 36.8 Å². The molecular weight excluding hydrogens is 599 g/mol. The molecule has 0 fully saturated rings. The minimum Gasteiger partial charge on any atom is -0.343 e. The number of allylic oxidation sites excluding steroid dienone is 1. The summed E-state index contributed by atoms with van der Waals surface area (Å²) in [6, 6.07) is 2.41. The van der Waals surface area contributed by atoms with Gasteiger partial charge in [-0.2, -0.15) is 26.3 Å². The lowest BCUT2D eigenvalue weighted by Gasteiger charge is -2.19. The average Bonchev–Trinajstić information content (AvgIpc) is 2.77. The van der Waals surface area contributed by atoms with Crippen LogP contribution in [0.1, 0.15) is 34.3 Å². The summed E-state index contributed by atoms with van der Waals surface area (Å²) in [6.07, 6.45) is -9.38. The molecule has 2 amide bonds. The average molecular weight is 614 g/mol. The molecule has 2 atom stereocenters. The van der Waals surface area contributed by atoms with Crippen molar-refractivity contribution >= 4 is 64.0 Å². The van der Waals surface area contributed by atoms with Gasteiger partial charge >= 0.3 is 12.4 Å². The number of carbonyl (C=O) groups excluding carboxylic acids is 2. The van der Waals surface area contributed by atoms with Gasteiger partial charge in [-0.05, 0) is 42.8 Å². The van der Waals surface area contributed by atoms with Crippen LogP contribution >= 0.6 is 46.4 Å². The first-order chi connectivity index (χ1) is 16.9. The van der Waals surface area contributed by atoms with E-state index in [1.807, 2.05) is 5.32 Å². The second-order valence-corrected chi connectivity index (χ2v) is 9.14. The van der Waals surface area contributed by atoms with E-state index >= 15 is 0 Å². The van der Waals surface area contributed by atoms with Crippen molar-refractivity contribution in [1.82, 2.24) is 10.6 Å². The first-order valence-corrected chi connectivity index (χ1v) is 11.5. The van der Waals surface area contributed by atoms with Crippen LogP contribution in [-0.2, 0) is 4.79 Å². The van der Waals surface area contributed by atoms with E-state index in [-0.39, 0.29) is 26.7 Å². The van der Waals surface area contributed by atoms with Gasteiger partial charge in [-0.1, -0.05) is 52.5 Å². The van der Waals surface area contributed by atoms with E-state index in [4.69, 9.17) is 46.4 Å². The standard InChI is InChI=1S/C22H15Cl4F7N2O2/c1-9(21(28,29)30)35-18(36)8-34-20(37)12-3-2-10(4-14(12)23)17(27)7-13(22(31,32)33)11-5-15(24)19(26)16(25)6-11/h2-7,9,13H,8H2,1H3,(H,34,37)(H,35,36). The van der Waals surface area contributed by atoms with Crippen molar-refractivity contribution in [1.29, 1.82) is 0 Å². The van der Waals surface area contributed by atoms with Gasteiger partial charge in [0.05, 0.1) is 32.2 Å². The highest BCUT2D eigenvalue weighted by atomic mass is 35.5. The van der Waals surface area contributed by atoms with Crippen molar-refractivity contribution in [2.24, 2.45) is 0 Å². The second-order valence-electron chi connectivity index (χ2n) is 7.54. The highest BCUT2D eigenvalue weighted by Crippen LogP contribution is 2.42. The molecule has 2 rings (SSSR count). The first-order valence-electron chi connectivity index (χ1n) is 9.94. The number of hydrogen-bond acceptors (Lipinski definition) is 2. The molecule has 2 unspecified atom stereocenters. The number of carbonyl (C=O) groups is 2. The van der Waals surface area contributed by atoms with Crippen molar-refractivity contribution in [2.75, 3.05) is 6.54 Å². The van der Waals surface area contributed by atoms with Crippen molar-refractivity contribution in [3.63, 3.8) is 0 Å². The van der Waals surface area contributed by atoms with E-state index < -0.39 is 64.6 Å². The van der Waals surface area contributed by atoms with Crippen molar-refractivity contribution < 1.29 is 40.3 Å². The van der Waals surface area contributed by atoms with Crippen molar-refractivity contribution in [2.45, 2.75) is 31.2 Å². The van der Waals surface area contributed by atoms with E-state index in [0.717, 1.165) is 30.3 Å². The molecule has 0 aliphatic rings. The third-order valence-corrected chi connectivity index (χ3v) is 6.31. The molecule has 0 spiro atoms.